The summed E-state index contributed by atoms with van der Waals surface area (Å²) in [5.74, 6) is 0.925. The minimum Gasteiger partial charge on any atom is -0.321 e. The van der Waals surface area contributed by atoms with Crippen molar-refractivity contribution in [3.8, 4) is 0 Å². The minimum atomic E-state index is -0.0253. The number of hydrogen-bond donors (Lipinski definition) is 1. The molecule has 2 heteroatoms. The zero-order valence-electron chi connectivity index (χ0n) is 10.2. The van der Waals surface area contributed by atoms with Crippen molar-refractivity contribution in [2.24, 2.45) is 11.7 Å². The maximum absolute atomic E-state index is 6.59. The highest BCUT2D eigenvalue weighted by atomic mass is 32.1. The van der Waals surface area contributed by atoms with Crippen LogP contribution in [0.15, 0.2) is 16.8 Å². The zero-order valence-corrected chi connectivity index (χ0v) is 11.1. The Morgan fingerprint density at radius 1 is 1.44 bits per heavy atom. The lowest BCUT2D eigenvalue weighted by Gasteiger charge is -2.27. The number of hydrogen-bond acceptors (Lipinski definition) is 2. The second-order valence-corrected chi connectivity index (χ2v) is 6.03. The quantitative estimate of drug-likeness (QED) is 0.780. The average Bonchev–Trinajstić information content (AvgIpc) is 2.74. The van der Waals surface area contributed by atoms with Crippen molar-refractivity contribution in [2.45, 2.75) is 57.4 Å². The Balaban J connectivity index is 2.02. The van der Waals surface area contributed by atoms with E-state index in [1.165, 1.54) is 50.5 Å². The summed E-state index contributed by atoms with van der Waals surface area (Å²) in [5.41, 5.74) is 7.93. The molecule has 90 valence electrons. The van der Waals surface area contributed by atoms with Crippen LogP contribution in [0.5, 0.6) is 0 Å². The van der Waals surface area contributed by atoms with Crippen LogP contribution in [0.25, 0.3) is 0 Å². The van der Waals surface area contributed by atoms with E-state index >= 15 is 0 Å². The standard InChI is InChI=1S/C14H23NS/c1-2-4-12-5-3-8-14(15,9-6-12)13-7-10-16-11-13/h7,10-12H,2-6,8-9,15H2,1H3. The minimum absolute atomic E-state index is 0.0253. The van der Waals surface area contributed by atoms with Gasteiger partial charge in [0.1, 0.15) is 0 Å². The van der Waals surface area contributed by atoms with Crippen molar-refractivity contribution in [3.05, 3.63) is 22.4 Å². The van der Waals surface area contributed by atoms with E-state index in [1.807, 2.05) is 0 Å². The lowest BCUT2D eigenvalue weighted by atomic mass is 9.85. The molecular weight excluding hydrogens is 214 g/mol. The fourth-order valence-electron chi connectivity index (χ4n) is 2.97. The molecule has 1 aliphatic carbocycles. The molecule has 2 atom stereocenters. The SMILES string of the molecule is CCCC1CCCC(N)(c2ccsc2)CC1. The second kappa shape index (κ2) is 5.33. The van der Waals surface area contributed by atoms with E-state index in [4.69, 9.17) is 5.73 Å². The summed E-state index contributed by atoms with van der Waals surface area (Å²) in [6, 6.07) is 2.21. The van der Waals surface area contributed by atoms with Crippen molar-refractivity contribution in [3.63, 3.8) is 0 Å². The van der Waals surface area contributed by atoms with Crippen LogP contribution in [0.2, 0.25) is 0 Å². The third-order valence-corrected chi connectivity index (χ3v) is 4.71. The molecule has 2 N–H and O–H groups in total. The maximum Gasteiger partial charge on any atom is 0.0418 e. The lowest BCUT2D eigenvalue weighted by molar-refractivity contribution is 0.368. The van der Waals surface area contributed by atoms with E-state index in [0.29, 0.717) is 0 Å². The number of thiophene rings is 1. The zero-order chi connectivity index (χ0) is 11.4. The Kier molecular flexibility index (Phi) is 4.04. The molecule has 1 aliphatic rings. The van der Waals surface area contributed by atoms with E-state index in [9.17, 15) is 0 Å². The van der Waals surface area contributed by atoms with Crippen molar-refractivity contribution >= 4 is 11.3 Å². The molecule has 0 bridgehead atoms. The molecule has 1 fully saturated rings. The summed E-state index contributed by atoms with van der Waals surface area (Å²) in [7, 11) is 0. The van der Waals surface area contributed by atoms with Crippen LogP contribution in [0.4, 0.5) is 0 Å². The van der Waals surface area contributed by atoms with E-state index in [1.54, 1.807) is 11.3 Å². The first-order valence-corrected chi connectivity index (χ1v) is 7.50. The number of nitrogens with two attached hydrogens (primary N) is 1. The van der Waals surface area contributed by atoms with Gasteiger partial charge in [-0.25, -0.2) is 0 Å². The largest absolute Gasteiger partial charge is 0.321 e. The molecule has 0 aliphatic heterocycles. The van der Waals surface area contributed by atoms with Gasteiger partial charge in [0, 0.05) is 5.54 Å². The van der Waals surface area contributed by atoms with Crippen LogP contribution in [-0.2, 0) is 5.54 Å². The van der Waals surface area contributed by atoms with Gasteiger partial charge in [-0.15, -0.1) is 0 Å². The van der Waals surface area contributed by atoms with Gasteiger partial charge in [0.15, 0.2) is 0 Å². The molecule has 2 rings (SSSR count). The molecule has 1 aromatic rings. The molecule has 0 saturated heterocycles. The predicted molar refractivity (Wildman–Crippen MR) is 71.7 cm³/mol. The smallest absolute Gasteiger partial charge is 0.0418 e. The van der Waals surface area contributed by atoms with E-state index in [2.05, 4.69) is 23.8 Å². The van der Waals surface area contributed by atoms with Crippen LogP contribution < -0.4 is 5.73 Å². The first-order chi connectivity index (χ1) is 7.74. The van der Waals surface area contributed by atoms with Gasteiger partial charge in [-0.1, -0.05) is 32.6 Å². The summed E-state index contributed by atoms with van der Waals surface area (Å²) < 4.78 is 0. The van der Waals surface area contributed by atoms with E-state index < -0.39 is 0 Å². The molecule has 1 saturated carbocycles. The van der Waals surface area contributed by atoms with E-state index in [-0.39, 0.29) is 5.54 Å². The number of rotatable bonds is 3. The fraction of sp³-hybridized carbons (Fsp3) is 0.714. The highest BCUT2D eigenvalue weighted by Crippen LogP contribution is 2.37. The van der Waals surface area contributed by atoms with Crippen LogP contribution in [0, 0.1) is 5.92 Å². The van der Waals surface area contributed by atoms with Crippen molar-refractivity contribution in [2.75, 3.05) is 0 Å². The predicted octanol–water partition coefficient (Wildman–Crippen LogP) is 4.28. The molecule has 0 radical (unpaired) electrons. The summed E-state index contributed by atoms with van der Waals surface area (Å²) in [6.07, 6.45) is 9.06. The van der Waals surface area contributed by atoms with Gasteiger partial charge in [-0.2, -0.15) is 11.3 Å². The molecule has 1 nitrogen and oxygen atoms in total. The first kappa shape index (κ1) is 12.1. The maximum atomic E-state index is 6.59. The lowest BCUT2D eigenvalue weighted by Crippen LogP contribution is -2.35. The van der Waals surface area contributed by atoms with Gasteiger partial charge in [0.05, 0.1) is 0 Å². The van der Waals surface area contributed by atoms with E-state index in [0.717, 1.165) is 5.92 Å². The van der Waals surface area contributed by atoms with Gasteiger partial charge in [-0.05, 0) is 47.6 Å². The summed E-state index contributed by atoms with van der Waals surface area (Å²) in [4.78, 5) is 0. The third kappa shape index (κ3) is 2.67. The molecular formula is C14H23NS. The topological polar surface area (TPSA) is 26.0 Å². The molecule has 16 heavy (non-hydrogen) atoms. The molecule has 1 aromatic heterocycles. The van der Waals surface area contributed by atoms with Gasteiger partial charge in [0.2, 0.25) is 0 Å². The molecule has 1 heterocycles. The summed E-state index contributed by atoms with van der Waals surface area (Å²) in [6.45, 7) is 2.29. The Bertz CT molecular complexity index is 307. The Morgan fingerprint density at radius 2 is 2.31 bits per heavy atom. The van der Waals surface area contributed by atoms with Gasteiger partial charge in [-0.3, -0.25) is 0 Å². The van der Waals surface area contributed by atoms with Crippen LogP contribution in [0.1, 0.15) is 57.4 Å². The van der Waals surface area contributed by atoms with Gasteiger partial charge >= 0.3 is 0 Å². The Hall–Kier alpha value is -0.340. The van der Waals surface area contributed by atoms with Crippen molar-refractivity contribution in [1.82, 2.24) is 0 Å². The second-order valence-electron chi connectivity index (χ2n) is 5.25. The molecule has 2 unspecified atom stereocenters. The third-order valence-electron chi connectivity index (χ3n) is 4.03. The van der Waals surface area contributed by atoms with Crippen LogP contribution in [0.3, 0.4) is 0 Å². The highest BCUT2D eigenvalue weighted by Gasteiger charge is 2.30. The molecule has 0 amide bonds. The Morgan fingerprint density at radius 3 is 3.00 bits per heavy atom. The van der Waals surface area contributed by atoms with Crippen molar-refractivity contribution < 1.29 is 0 Å². The Labute approximate surface area is 103 Å². The van der Waals surface area contributed by atoms with Gasteiger partial charge < -0.3 is 5.73 Å². The van der Waals surface area contributed by atoms with Gasteiger partial charge in [0.25, 0.3) is 0 Å². The molecule has 0 aromatic carbocycles. The van der Waals surface area contributed by atoms with Crippen LogP contribution >= 0.6 is 11.3 Å². The normalized spacial score (nSPS) is 31.2. The fourth-order valence-corrected chi connectivity index (χ4v) is 3.73. The monoisotopic (exact) mass is 237 g/mol. The van der Waals surface area contributed by atoms with Crippen molar-refractivity contribution in [1.29, 1.82) is 0 Å². The summed E-state index contributed by atoms with van der Waals surface area (Å²) in [5, 5.41) is 4.39. The average molecular weight is 237 g/mol. The van der Waals surface area contributed by atoms with Crippen LogP contribution in [-0.4, -0.2) is 0 Å². The molecule has 0 spiro atoms. The summed E-state index contributed by atoms with van der Waals surface area (Å²) >= 11 is 1.77. The first-order valence-electron chi connectivity index (χ1n) is 6.56. The highest BCUT2D eigenvalue weighted by molar-refractivity contribution is 7.08.